The van der Waals surface area contributed by atoms with Crippen molar-refractivity contribution in [3.63, 3.8) is 0 Å². The number of halogens is 2. The number of aromatic nitrogens is 2. The zero-order chi connectivity index (χ0) is 8.27. The molecule has 0 aliphatic carbocycles. The summed E-state index contributed by atoms with van der Waals surface area (Å²) in [6.07, 6.45) is 1.88. The fourth-order valence-electron chi connectivity index (χ4n) is 0.747. The Morgan fingerprint density at radius 2 is 2.55 bits per heavy atom. The monoisotopic (exact) mass is 176 g/mol. The number of hydrogen-bond acceptors (Lipinski definition) is 2. The zero-order valence-electron chi connectivity index (χ0n) is 5.63. The highest BCUT2D eigenvalue weighted by Crippen LogP contribution is 2.11. The van der Waals surface area contributed by atoms with Crippen LogP contribution < -0.4 is 0 Å². The van der Waals surface area contributed by atoms with Gasteiger partial charge in [-0.1, -0.05) is 11.6 Å². The third-order valence-corrected chi connectivity index (χ3v) is 1.53. The van der Waals surface area contributed by atoms with E-state index < -0.39 is 6.67 Å². The van der Waals surface area contributed by atoms with E-state index in [0.29, 0.717) is 6.29 Å². The summed E-state index contributed by atoms with van der Waals surface area (Å²) in [5.41, 5.74) is 0.226. The van der Waals surface area contributed by atoms with Gasteiger partial charge < -0.3 is 0 Å². The Balaban J connectivity index is 2.95. The van der Waals surface area contributed by atoms with Gasteiger partial charge in [-0.05, 0) is 0 Å². The highest BCUT2D eigenvalue weighted by atomic mass is 35.5. The van der Waals surface area contributed by atoms with E-state index in [-0.39, 0.29) is 17.3 Å². The van der Waals surface area contributed by atoms with Crippen LogP contribution >= 0.6 is 11.6 Å². The molecule has 1 aromatic rings. The van der Waals surface area contributed by atoms with Crippen LogP contribution in [0.1, 0.15) is 10.5 Å². The van der Waals surface area contributed by atoms with Gasteiger partial charge in [-0.15, -0.1) is 0 Å². The number of carbonyl (C=O) groups is 1. The molecule has 0 fully saturated rings. The molecule has 0 aliphatic heterocycles. The summed E-state index contributed by atoms with van der Waals surface area (Å²) in [6.45, 7) is -0.486. The summed E-state index contributed by atoms with van der Waals surface area (Å²) < 4.78 is 13.0. The van der Waals surface area contributed by atoms with Gasteiger partial charge in [-0.2, -0.15) is 5.10 Å². The lowest BCUT2D eigenvalue weighted by molar-refractivity contribution is 0.111. The molecule has 0 aromatic carbocycles. The fraction of sp³-hybridized carbons (Fsp3) is 0.333. The highest BCUT2D eigenvalue weighted by Gasteiger charge is 2.06. The normalized spacial score (nSPS) is 10.0. The minimum atomic E-state index is -0.557. The third kappa shape index (κ3) is 1.57. The van der Waals surface area contributed by atoms with Crippen molar-refractivity contribution in [1.82, 2.24) is 9.78 Å². The minimum absolute atomic E-state index is 0.0702. The first-order chi connectivity index (χ1) is 5.29. The molecule has 5 heteroatoms. The second-order valence-corrected chi connectivity index (χ2v) is 2.31. The molecule has 0 spiro atoms. The number of aryl methyl sites for hydroxylation is 1. The molecule has 1 rings (SSSR count). The Labute approximate surface area is 67.8 Å². The van der Waals surface area contributed by atoms with E-state index in [1.54, 1.807) is 0 Å². The van der Waals surface area contributed by atoms with Crippen molar-refractivity contribution < 1.29 is 9.18 Å². The molecule has 0 bridgehead atoms. The van der Waals surface area contributed by atoms with Gasteiger partial charge in [-0.25, -0.2) is 4.39 Å². The van der Waals surface area contributed by atoms with Gasteiger partial charge in [-0.3, -0.25) is 9.48 Å². The van der Waals surface area contributed by atoms with Crippen molar-refractivity contribution in [2.75, 3.05) is 6.67 Å². The fourth-order valence-corrected chi connectivity index (χ4v) is 0.933. The van der Waals surface area contributed by atoms with Crippen LogP contribution in [-0.4, -0.2) is 22.7 Å². The standard InChI is InChI=1S/C6H6ClFN2O/c7-5-3-9-10(2-1-8)6(5)4-11/h3-4H,1-2H2. The van der Waals surface area contributed by atoms with Crippen molar-refractivity contribution in [2.24, 2.45) is 0 Å². The summed E-state index contributed by atoms with van der Waals surface area (Å²) in [7, 11) is 0. The molecule has 1 heterocycles. The smallest absolute Gasteiger partial charge is 0.169 e. The Bertz CT molecular complexity index is 261. The van der Waals surface area contributed by atoms with Crippen LogP contribution in [0.4, 0.5) is 4.39 Å². The first kappa shape index (κ1) is 8.20. The van der Waals surface area contributed by atoms with Crippen molar-refractivity contribution in [1.29, 1.82) is 0 Å². The quantitative estimate of drug-likeness (QED) is 0.651. The third-order valence-electron chi connectivity index (χ3n) is 1.24. The molecule has 0 saturated carbocycles. The first-order valence-electron chi connectivity index (χ1n) is 3.02. The molecule has 0 radical (unpaired) electrons. The molecular weight excluding hydrogens is 171 g/mol. The SMILES string of the molecule is O=Cc1c(Cl)cnn1CCF. The Morgan fingerprint density at radius 3 is 3.09 bits per heavy atom. The predicted molar refractivity (Wildman–Crippen MR) is 38.6 cm³/mol. The maximum atomic E-state index is 11.8. The van der Waals surface area contributed by atoms with Crippen LogP contribution in [-0.2, 0) is 6.54 Å². The summed E-state index contributed by atoms with van der Waals surface area (Å²) >= 11 is 5.54. The number of nitrogens with zero attached hydrogens (tertiary/aromatic N) is 2. The lowest BCUT2D eigenvalue weighted by Gasteiger charge is -1.97. The van der Waals surface area contributed by atoms with Crippen LogP contribution in [0.5, 0.6) is 0 Å². The van der Waals surface area contributed by atoms with Crippen molar-refractivity contribution in [3.8, 4) is 0 Å². The first-order valence-corrected chi connectivity index (χ1v) is 3.40. The van der Waals surface area contributed by atoms with Gasteiger partial charge >= 0.3 is 0 Å². The van der Waals surface area contributed by atoms with E-state index in [4.69, 9.17) is 11.6 Å². The van der Waals surface area contributed by atoms with Crippen molar-refractivity contribution in [2.45, 2.75) is 6.54 Å². The van der Waals surface area contributed by atoms with Gasteiger partial charge in [0.2, 0.25) is 0 Å². The summed E-state index contributed by atoms with van der Waals surface area (Å²) in [6, 6.07) is 0. The van der Waals surface area contributed by atoms with E-state index in [2.05, 4.69) is 5.10 Å². The molecule has 0 amide bonds. The number of aldehydes is 1. The molecule has 0 N–H and O–H groups in total. The average Bonchev–Trinajstić information content (AvgIpc) is 2.33. The Kier molecular flexibility index (Phi) is 2.59. The molecule has 0 saturated heterocycles. The molecule has 11 heavy (non-hydrogen) atoms. The predicted octanol–water partition coefficient (Wildman–Crippen LogP) is 1.32. The maximum Gasteiger partial charge on any atom is 0.169 e. The van der Waals surface area contributed by atoms with Gasteiger partial charge in [0.1, 0.15) is 12.4 Å². The van der Waals surface area contributed by atoms with E-state index >= 15 is 0 Å². The average molecular weight is 177 g/mol. The van der Waals surface area contributed by atoms with E-state index in [9.17, 15) is 9.18 Å². The van der Waals surface area contributed by atoms with Crippen LogP contribution in [0.25, 0.3) is 0 Å². The molecule has 3 nitrogen and oxygen atoms in total. The summed E-state index contributed by atoms with van der Waals surface area (Å²) in [4.78, 5) is 10.3. The summed E-state index contributed by atoms with van der Waals surface area (Å²) in [5.74, 6) is 0. The lowest BCUT2D eigenvalue weighted by Crippen LogP contribution is -2.05. The second kappa shape index (κ2) is 3.48. The number of rotatable bonds is 3. The topological polar surface area (TPSA) is 34.9 Å². The highest BCUT2D eigenvalue weighted by molar-refractivity contribution is 6.32. The molecule has 0 atom stereocenters. The van der Waals surface area contributed by atoms with E-state index in [1.807, 2.05) is 0 Å². The molecular formula is C6H6ClFN2O. The van der Waals surface area contributed by atoms with Crippen LogP contribution in [0.15, 0.2) is 6.20 Å². The lowest BCUT2D eigenvalue weighted by atomic mass is 10.4. The molecule has 0 unspecified atom stereocenters. The number of hydrogen-bond donors (Lipinski definition) is 0. The maximum absolute atomic E-state index is 11.8. The Morgan fingerprint density at radius 1 is 1.82 bits per heavy atom. The van der Waals surface area contributed by atoms with Gasteiger partial charge in [0, 0.05) is 0 Å². The number of carbonyl (C=O) groups excluding carboxylic acids is 1. The zero-order valence-corrected chi connectivity index (χ0v) is 6.38. The van der Waals surface area contributed by atoms with Gasteiger partial charge in [0.05, 0.1) is 17.8 Å². The van der Waals surface area contributed by atoms with Crippen molar-refractivity contribution in [3.05, 3.63) is 16.9 Å². The van der Waals surface area contributed by atoms with Crippen LogP contribution in [0.2, 0.25) is 5.02 Å². The van der Waals surface area contributed by atoms with Crippen LogP contribution in [0, 0.1) is 0 Å². The van der Waals surface area contributed by atoms with E-state index in [0.717, 1.165) is 0 Å². The second-order valence-electron chi connectivity index (χ2n) is 1.91. The van der Waals surface area contributed by atoms with Crippen molar-refractivity contribution >= 4 is 17.9 Å². The molecule has 1 aromatic heterocycles. The summed E-state index contributed by atoms with van der Waals surface area (Å²) in [5, 5.41) is 3.95. The van der Waals surface area contributed by atoms with Gasteiger partial charge in [0.25, 0.3) is 0 Å². The minimum Gasteiger partial charge on any atom is -0.296 e. The van der Waals surface area contributed by atoms with E-state index in [1.165, 1.54) is 10.9 Å². The Hall–Kier alpha value is -0.900. The largest absolute Gasteiger partial charge is 0.296 e. The van der Waals surface area contributed by atoms with Gasteiger partial charge in [0.15, 0.2) is 6.29 Å². The molecule has 0 aliphatic rings. The number of alkyl halides is 1. The van der Waals surface area contributed by atoms with Crippen LogP contribution in [0.3, 0.4) is 0 Å². The molecule has 60 valence electrons.